The van der Waals surface area contributed by atoms with Crippen LogP contribution in [0.5, 0.6) is 0 Å². The Morgan fingerprint density at radius 2 is 2.29 bits per heavy atom. The summed E-state index contributed by atoms with van der Waals surface area (Å²) in [6.45, 7) is 0.619. The molecule has 1 aliphatic rings. The highest BCUT2D eigenvalue weighted by atomic mass is 16.5. The average Bonchev–Trinajstić information content (AvgIpc) is 3.19. The lowest BCUT2D eigenvalue weighted by atomic mass is 10.3. The minimum Gasteiger partial charge on any atom is -0.464 e. The highest BCUT2D eigenvalue weighted by molar-refractivity contribution is 5.86. The van der Waals surface area contributed by atoms with Gasteiger partial charge in [0.05, 0.1) is 13.7 Å². The Kier molecular flexibility index (Phi) is 3.53. The highest BCUT2D eigenvalue weighted by Crippen LogP contribution is 2.29. The van der Waals surface area contributed by atoms with E-state index in [1.165, 1.54) is 7.11 Å². The molecule has 2 rings (SSSR count). The van der Waals surface area contributed by atoms with E-state index in [2.05, 4.69) is 14.9 Å². The van der Waals surface area contributed by atoms with Gasteiger partial charge < -0.3 is 14.7 Å². The molecule has 0 spiro atoms. The lowest BCUT2D eigenvalue weighted by Gasteiger charge is -2.21. The standard InChI is InChI=1S/C11H15N3O3/c1-17-11(16)9-4-5-10(13-12-9)14(6-7-15)8-2-3-8/h4-5,8,15H,2-3,6-7H2,1H3. The number of methoxy groups -OCH3 is 1. The van der Waals surface area contributed by atoms with E-state index in [0.717, 1.165) is 12.8 Å². The van der Waals surface area contributed by atoms with Crippen molar-refractivity contribution < 1.29 is 14.6 Å². The summed E-state index contributed by atoms with van der Waals surface area (Å²) < 4.78 is 4.55. The van der Waals surface area contributed by atoms with Crippen molar-refractivity contribution in [3.63, 3.8) is 0 Å². The molecule has 1 saturated carbocycles. The predicted octanol–water partition coefficient (Wildman–Crippen LogP) is 0.224. The molecule has 0 aliphatic heterocycles. The van der Waals surface area contributed by atoms with Gasteiger partial charge in [-0.2, -0.15) is 0 Å². The van der Waals surface area contributed by atoms with Gasteiger partial charge in [-0.15, -0.1) is 10.2 Å². The largest absolute Gasteiger partial charge is 0.464 e. The molecule has 1 aliphatic carbocycles. The number of aliphatic hydroxyl groups is 1. The fourth-order valence-electron chi connectivity index (χ4n) is 1.67. The number of carbonyl (C=O) groups excluding carboxylic acids is 1. The molecule has 17 heavy (non-hydrogen) atoms. The molecule has 0 radical (unpaired) electrons. The number of esters is 1. The molecule has 0 atom stereocenters. The number of aliphatic hydroxyl groups excluding tert-OH is 1. The number of rotatable bonds is 5. The van der Waals surface area contributed by atoms with Gasteiger partial charge >= 0.3 is 5.97 Å². The molecule has 0 aromatic carbocycles. The molecule has 0 unspecified atom stereocenters. The summed E-state index contributed by atoms with van der Waals surface area (Å²) in [6.07, 6.45) is 2.22. The van der Waals surface area contributed by atoms with Gasteiger partial charge in [-0.25, -0.2) is 4.79 Å². The Balaban J connectivity index is 2.12. The first kappa shape index (κ1) is 11.8. The van der Waals surface area contributed by atoms with Crippen molar-refractivity contribution in [1.29, 1.82) is 0 Å². The van der Waals surface area contributed by atoms with E-state index in [4.69, 9.17) is 5.11 Å². The van der Waals surface area contributed by atoms with E-state index >= 15 is 0 Å². The van der Waals surface area contributed by atoms with Gasteiger partial charge in [0.2, 0.25) is 0 Å². The van der Waals surface area contributed by atoms with E-state index in [9.17, 15) is 4.79 Å². The third-order valence-electron chi connectivity index (χ3n) is 2.67. The smallest absolute Gasteiger partial charge is 0.358 e. The summed E-state index contributed by atoms with van der Waals surface area (Å²) in [7, 11) is 1.31. The maximum absolute atomic E-state index is 11.2. The van der Waals surface area contributed by atoms with E-state index in [0.29, 0.717) is 18.4 Å². The monoisotopic (exact) mass is 237 g/mol. The summed E-state index contributed by atoms with van der Waals surface area (Å²) in [5.41, 5.74) is 0.191. The maximum Gasteiger partial charge on any atom is 0.358 e. The van der Waals surface area contributed by atoms with Crippen molar-refractivity contribution in [2.75, 3.05) is 25.2 Å². The van der Waals surface area contributed by atoms with Gasteiger partial charge in [-0.05, 0) is 25.0 Å². The number of anilines is 1. The average molecular weight is 237 g/mol. The highest BCUT2D eigenvalue weighted by Gasteiger charge is 2.29. The zero-order chi connectivity index (χ0) is 12.3. The van der Waals surface area contributed by atoms with Crippen LogP contribution in [0.3, 0.4) is 0 Å². The Labute approximate surface area is 99.2 Å². The second-order valence-electron chi connectivity index (χ2n) is 3.92. The molecule has 1 N–H and O–H groups in total. The molecule has 1 aromatic heterocycles. The number of aromatic nitrogens is 2. The first-order valence-electron chi connectivity index (χ1n) is 5.56. The van der Waals surface area contributed by atoms with Gasteiger partial charge in [-0.3, -0.25) is 0 Å². The fraction of sp³-hybridized carbons (Fsp3) is 0.545. The third-order valence-corrected chi connectivity index (χ3v) is 2.67. The molecule has 92 valence electrons. The lowest BCUT2D eigenvalue weighted by molar-refractivity contribution is 0.0592. The van der Waals surface area contributed by atoms with Crippen LogP contribution in [-0.2, 0) is 4.74 Å². The Morgan fingerprint density at radius 3 is 2.76 bits per heavy atom. The first-order valence-corrected chi connectivity index (χ1v) is 5.56. The van der Waals surface area contributed by atoms with Gasteiger partial charge in [0.1, 0.15) is 0 Å². The molecule has 1 aromatic rings. The maximum atomic E-state index is 11.2. The van der Waals surface area contributed by atoms with Gasteiger partial charge in [0.15, 0.2) is 11.5 Å². The number of ether oxygens (including phenoxy) is 1. The molecule has 1 fully saturated rings. The van der Waals surface area contributed by atoms with Crippen LogP contribution in [0.1, 0.15) is 23.3 Å². The molecule has 6 heteroatoms. The van der Waals surface area contributed by atoms with E-state index in [1.54, 1.807) is 12.1 Å². The number of hydrogen-bond donors (Lipinski definition) is 1. The molecule has 1 heterocycles. The second-order valence-corrected chi connectivity index (χ2v) is 3.92. The summed E-state index contributed by atoms with van der Waals surface area (Å²) in [5, 5.41) is 16.8. The molecular weight excluding hydrogens is 222 g/mol. The molecular formula is C11H15N3O3. The van der Waals surface area contributed by atoms with Crippen molar-refractivity contribution in [2.24, 2.45) is 0 Å². The van der Waals surface area contributed by atoms with Crippen LogP contribution in [0.4, 0.5) is 5.82 Å². The lowest BCUT2D eigenvalue weighted by Crippen LogP contribution is -2.30. The zero-order valence-electron chi connectivity index (χ0n) is 9.67. The predicted molar refractivity (Wildman–Crippen MR) is 60.8 cm³/mol. The SMILES string of the molecule is COC(=O)c1ccc(N(CCO)C2CC2)nn1. The normalized spacial score (nSPS) is 14.5. The zero-order valence-corrected chi connectivity index (χ0v) is 9.67. The van der Waals surface area contributed by atoms with Gasteiger partial charge in [0.25, 0.3) is 0 Å². The van der Waals surface area contributed by atoms with E-state index < -0.39 is 5.97 Å². The second kappa shape index (κ2) is 5.09. The third kappa shape index (κ3) is 2.71. The topological polar surface area (TPSA) is 75.5 Å². The van der Waals surface area contributed by atoms with Crippen LogP contribution in [0.2, 0.25) is 0 Å². The molecule has 0 bridgehead atoms. The number of nitrogens with zero attached hydrogens (tertiary/aromatic N) is 3. The van der Waals surface area contributed by atoms with Crippen LogP contribution in [0.25, 0.3) is 0 Å². The molecule has 0 saturated heterocycles. The molecule has 0 amide bonds. The van der Waals surface area contributed by atoms with E-state index in [-0.39, 0.29) is 12.3 Å². The number of hydrogen-bond acceptors (Lipinski definition) is 6. The minimum atomic E-state index is -0.496. The van der Waals surface area contributed by atoms with Crippen LogP contribution < -0.4 is 4.90 Å². The van der Waals surface area contributed by atoms with Gasteiger partial charge in [-0.1, -0.05) is 0 Å². The van der Waals surface area contributed by atoms with Crippen LogP contribution in [-0.4, -0.2) is 47.6 Å². The van der Waals surface area contributed by atoms with Crippen molar-refractivity contribution in [2.45, 2.75) is 18.9 Å². The van der Waals surface area contributed by atoms with Crippen molar-refractivity contribution in [1.82, 2.24) is 10.2 Å². The summed E-state index contributed by atoms with van der Waals surface area (Å²) in [4.78, 5) is 13.2. The Morgan fingerprint density at radius 1 is 1.53 bits per heavy atom. The van der Waals surface area contributed by atoms with Gasteiger partial charge in [0, 0.05) is 12.6 Å². The fourth-order valence-corrected chi connectivity index (χ4v) is 1.67. The van der Waals surface area contributed by atoms with E-state index in [1.807, 2.05) is 4.90 Å². The molecule has 6 nitrogen and oxygen atoms in total. The van der Waals surface area contributed by atoms with Crippen molar-refractivity contribution in [3.8, 4) is 0 Å². The minimum absolute atomic E-state index is 0.0803. The Hall–Kier alpha value is -1.69. The summed E-state index contributed by atoms with van der Waals surface area (Å²) >= 11 is 0. The summed E-state index contributed by atoms with van der Waals surface area (Å²) in [6, 6.07) is 3.76. The summed E-state index contributed by atoms with van der Waals surface area (Å²) in [5.74, 6) is 0.193. The quantitative estimate of drug-likeness (QED) is 0.738. The van der Waals surface area contributed by atoms with Crippen LogP contribution in [0, 0.1) is 0 Å². The Bertz CT molecular complexity index is 389. The van der Waals surface area contributed by atoms with Crippen molar-refractivity contribution >= 4 is 11.8 Å². The first-order chi connectivity index (χ1) is 8.26. The van der Waals surface area contributed by atoms with Crippen molar-refractivity contribution in [3.05, 3.63) is 17.8 Å². The van der Waals surface area contributed by atoms with Crippen LogP contribution in [0.15, 0.2) is 12.1 Å². The van der Waals surface area contributed by atoms with Crippen LogP contribution >= 0.6 is 0 Å². The number of carbonyl (C=O) groups is 1.